The molecule has 2 N–H and O–H groups in total. The molecule has 0 saturated carbocycles. The lowest BCUT2D eigenvalue weighted by Crippen LogP contribution is -2.20. The molecule has 0 aliphatic rings. The number of hydrazone groups is 1. The van der Waals surface area contributed by atoms with Gasteiger partial charge in [-0.3, -0.25) is 5.43 Å². The van der Waals surface area contributed by atoms with E-state index in [1.54, 1.807) is 6.92 Å². The normalized spacial score (nSPS) is 13.6. The minimum Gasteiger partial charge on any atom is -0.362 e. The van der Waals surface area contributed by atoms with E-state index in [1.807, 2.05) is 0 Å². The number of aliphatic hydroxyl groups is 1. The first kappa shape index (κ1) is 12.9. The second-order valence-corrected chi connectivity index (χ2v) is 3.25. The van der Waals surface area contributed by atoms with Gasteiger partial charge in [-0.25, -0.2) is 4.39 Å². The molecule has 0 fully saturated rings. The highest BCUT2D eigenvalue weighted by atomic mass is 35.5. The van der Waals surface area contributed by atoms with Crippen LogP contribution >= 0.6 is 11.6 Å². The molecule has 1 aromatic rings. The molecule has 0 aromatic heterocycles. The summed E-state index contributed by atoms with van der Waals surface area (Å²) in [6.07, 6.45) is -1.25. The van der Waals surface area contributed by atoms with Crippen molar-refractivity contribution in [1.29, 1.82) is 0 Å². The first-order chi connectivity index (χ1) is 7.63. The van der Waals surface area contributed by atoms with Crippen LogP contribution in [0.15, 0.2) is 29.4 Å². The van der Waals surface area contributed by atoms with Crippen LogP contribution in [0.1, 0.15) is 6.92 Å². The molecule has 0 heterocycles. The zero-order chi connectivity index (χ0) is 12.0. The van der Waals surface area contributed by atoms with Crippen molar-refractivity contribution in [2.24, 2.45) is 5.10 Å². The van der Waals surface area contributed by atoms with Gasteiger partial charge in [0.15, 0.2) is 5.17 Å². The van der Waals surface area contributed by atoms with Crippen LogP contribution < -0.4 is 5.43 Å². The van der Waals surface area contributed by atoms with E-state index < -0.39 is 6.29 Å². The molecule has 1 rings (SSSR count). The Balaban J connectivity index is 2.55. The van der Waals surface area contributed by atoms with E-state index in [0.717, 1.165) is 0 Å². The van der Waals surface area contributed by atoms with Crippen LogP contribution in [0.25, 0.3) is 0 Å². The second-order valence-electron chi connectivity index (χ2n) is 2.86. The van der Waals surface area contributed by atoms with Gasteiger partial charge in [0.1, 0.15) is 5.82 Å². The van der Waals surface area contributed by atoms with Gasteiger partial charge in [0.25, 0.3) is 0 Å². The largest absolute Gasteiger partial charge is 0.362 e. The van der Waals surface area contributed by atoms with E-state index >= 15 is 0 Å². The topological polar surface area (TPSA) is 53.9 Å². The predicted octanol–water partition coefficient (Wildman–Crippen LogP) is 2.14. The Labute approximate surface area is 97.7 Å². The Morgan fingerprint density at radius 1 is 1.56 bits per heavy atom. The third-order valence-electron chi connectivity index (χ3n) is 1.66. The number of ether oxygens (including phenoxy) is 1. The molecule has 0 bridgehead atoms. The smallest absolute Gasteiger partial charge is 0.211 e. The van der Waals surface area contributed by atoms with Crippen molar-refractivity contribution in [3.63, 3.8) is 0 Å². The minimum atomic E-state index is -1.25. The first-order valence-corrected chi connectivity index (χ1v) is 5.05. The van der Waals surface area contributed by atoms with Crippen LogP contribution in [0.5, 0.6) is 0 Å². The minimum absolute atomic E-state index is 0.119. The Kier molecular flexibility index (Phi) is 5.18. The van der Waals surface area contributed by atoms with Crippen molar-refractivity contribution in [2.45, 2.75) is 13.2 Å². The molecule has 4 nitrogen and oxygen atoms in total. The van der Waals surface area contributed by atoms with E-state index in [9.17, 15) is 9.50 Å². The SMILES string of the molecule is CCOC(O)/C(Cl)=N/Nc1ccc(F)cc1. The number of halogens is 2. The molecule has 6 heteroatoms. The molecule has 0 radical (unpaired) electrons. The van der Waals surface area contributed by atoms with Gasteiger partial charge in [0, 0.05) is 6.61 Å². The molecule has 0 amide bonds. The highest BCUT2D eigenvalue weighted by Gasteiger charge is 2.09. The number of nitrogens with zero attached hydrogens (tertiary/aromatic N) is 1. The lowest BCUT2D eigenvalue weighted by molar-refractivity contribution is -0.0420. The van der Waals surface area contributed by atoms with Crippen molar-refractivity contribution in [3.8, 4) is 0 Å². The summed E-state index contributed by atoms with van der Waals surface area (Å²) in [5.41, 5.74) is 3.12. The zero-order valence-electron chi connectivity index (χ0n) is 8.65. The van der Waals surface area contributed by atoms with Gasteiger partial charge in [-0.2, -0.15) is 5.10 Å². The van der Waals surface area contributed by atoms with Gasteiger partial charge < -0.3 is 9.84 Å². The van der Waals surface area contributed by atoms with E-state index in [1.165, 1.54) is 24.3 Å². The Hall–Kier alpha value is -1.17. The Morgan fingerprint density at radius 3 is 2.75 bits per heavy atom. The molecule has 88 valence electrons. The van der Waals surface area contributed by atoms with Gasteiger partial charge in [-0.1, -0.05) is 11.6 Å². The lowest BCUT2D eigenvalue weighted by atomic mass is 10.3. The number of rotatable bonds is 5. The quantitative estimate of drug-likeness (QED) is 0.476. The van der Waals surface area contributed by atoms with Gasteiger partial charge in [0.05, 0.1) is 5.69 Å². The first-order valence-electron chi connectivity index (χ1n) is 4.67. The molecule has 0 aliphatic carbocycles. The lowest BCUT2D eigenvalue weighted by Gasteiger charge is -2.08. The summed E-state index contributed by atoms with van der Waals surface area (Å²) in [6, 6.07) is 5.56. The zero-order valence-corrected chi connectivity index (χ0v) is 9.41. The molecule has 16 heavy (non-hydrogen) atoms. The van der Waals surface area contributed by atoms with E-state index in [-0.39, 0.29) is 11.0 Å². The summed E-state index contributed by atoms with van der Waals surface area (Å²) in [5, 5.41) is 12.8. The highest BCUT2D eigenvalue weighted by Crippen LogP contribution is 2.08. The van der Waals surface area contributed by atoms with Crippen LogP contribution in [0.3, 0.4) is 0 Å². The monoisotopic (exact) mass is 246 g/mol. The van der Waals surface area contributed by atoms with Crippen LogP contribution in [-0.2, 0) is 4.74 Å². The molecule has 0 saturated heterocycles. The average molecular weight is 247 g/mol. The van der Waals surface area contributed by atoms with Crippen LogP contribution in [0.2, 0.25) is 0 Å². The van der Waals surface area contributed by atoms with E-state index in [4.69, 9.17) is 16.3 Å². The molecule has 1 atom stereocenters. The number of benzene rings is 1. The average Bonchev–Trinajstić information content (AvgIpc) is 2.28. The summed E-state index contributed by atoms with van der Waals surface area (Å²) >= 11 is 5.63. The number of anilines is 1. The molecule has 1 unspecified atom stereocenters. The van der Waals surface area contributed by atoms with Crippen molar-refractivity contribution in [3.05, 3.63) is 30.1 Å². The third kappa shape index (κ3) is 4.14. The van der Waals surface area contributed by atoms with E-state index in [2.05, 4.69) is 10.5 Å². The van der Waals surface area contributed by atoms with Gasteiger partial charge in [-0.05, 0) is 31.2 Å². The Morgan fingerprint density at radius 2 is 2.19 bits per heavy atom. The summed E-state index contributed by atoms with van der Waals surface area (Å²) in [6.45, 7) is 2.05. The fourth-order valence-electron chi connectivity index (χ4n) is 0.924. The number of hydrogen-bond donors (Lipinski definition) is 2. The van der Waals surface area contributed by atoms with Crippen LogP contribution in [-0.4, -0.2) is 23.2 Å². The van der Waals surface area contributed by atoms with Crippen molar-refractivity contribution < 1.29 is 14.2 Å². The number of aliphatic hydroxyl groups excluding tert-OH is 1. The highest BCUT2D eigenvalue weighted by molar-refractivity contribution is 6.66. The summed E-state index contributed by atoms with van der Waals surface area (Å²) in [5.74, 6) is -0.338. The van der Waals surface area contributed by atoms with Crippen molar-refractivity contribution in [1.82, 2.24) is 0 Å². The van der Waals surface area contributed by atoms with Crippen LogP contribution in [0, 0.1) is 5.82 Å². The fraction of sp³-hybridized carbons (Fsp3) is 0.300. The second kappa shape index (κ2) is 6.42. The van der Waals surface area contributed by atoms with Gasteiger partial charge in [-0.15, -0.1) is 0 Å². The van der Waals surface area contributed by atoms with Gasteiger partial charge >= 0.3 is 0 Å². The molecule has 0 spiro atoms. The number of hydrogen-bond acceptors (Lipinski definition) is 4. The summed E-state index contributed by atoms with van der Waals surface area (Å²) in [7, 11) is 0. The molecule has 0 aliphatic heterocycles. The molecular weight excluding hydrogens is 235 g/mol. The maximum atomic E-state index is 12.6. The molecular formula is C10H12ClFN2O2. The standard InChI is InChI=1S/C10H12ClFN2O2/c1-2-16-10(15)9(11)14-13-8-5-3-7(12)4-6-8/h3-6,10,13,15H,2H2,1H3/b14-9-. The van der Waals surface area contributed by atoms with Crippen molar-refractivity contribution >= 4 is 22.5 Å². The Bertz CT molecular complexity index is 356. The van der Waals surface area contributed by atoms with Crippen molar-refractivity contribution in [2.75, 3.05) is 12.0 Å². The summed E-state index contributed by atoms with van der Waals surface area (Å²) < 4.78 is 17.4. The van der Waals surface area contributed by atoms with E-state index in [0.29, 0.717) is 12.3 Å². The fourth-order valence-corrected chi connectivity index (χ4v) is 1.03. The van der Waals surface area contributed by atoms with Gasteiger partial charge in [0.2, 0.25) is 6.29 Å². The maximum absolute atomic E-state index is 12.6. The van der Waals surface area contributed by atoms with Crippen LogP contribution in [0.4, 0.5) is 10.1 Å². The molecule has 1 aromatic carbocycles. The number of nitrogens with one attached hydrogen (secondary N) is 1. The predicted molar refractivity (Wildman–Crippen MR) is 60.9 cm³/mol. The summed E-state index contributed by atoms with van der Waals surface area (Å²) in [4.78, 5) is 0. The maximum Gasteiger partial charge on any atom is 0.211 e. The third-order valence-corrected chi connectivity index (χ3v) is 1.94.